The zero-order chi connectivity index (χ0) is 13.0. The lowest BCUT2D eigenvalue weighted by atomic mass is 9.76. The lowest BCUT2D eigenvalue weighted by Gasteiger charge is -2.29. The third-order valence-electron chi connectivity index (χ3n) is 4.42. The molecule has 0 aliphatic heterocycles. The Balaban J connectivity index is -0.000000244. The molecule has 0 aromatic carbocycles. The van der Waals surface area contributed by atoms with Gasteiger partial charge in [-0.05, 0) is 17.8 Å². The molecular weight excluding hydrogens is 204 g/mol. The third-order valence-corrected chi connectivity index (χ3v) is 4.42. The van der Waals surface area contributed by atoms with Crippen molar-refractivity contribution in [1.29, 1.82) is 0 Å². The fraction of sp³-hybridized carbons (Fsp3) is 1.00. The predicted octanol–water partition coefficient (Wildman–Crippen LogP) is 7.08. The summed E-state index contributed by atoms with van der Waals surface area (Å²) in [5.41, 5.74) is 0.675. The van der Waals surface area contributed by atoms with Gasteiger partial charge in [-0.3, -0.25) is 0 Å². The molecule has 0 aromatic heterocycles. The van der Waals surface area contributed by atoms with E-state index >= 15 is 0 Å². The maximum atomic E-state index is 2.32. The van der Waals surface area contributed by atoms with E-state index in [9.17, 15) is 0 Å². The molecule has 0 saturated carbocycles. The first kappa shape index (κ1) is 22.2. The van der Waals surface area contributed by atoms with Crippen molar-refractivity contribution in [2.45, 2.75) is 101 Å². The molecule has 0 N–H and O–H groups in total. The largest absolute Gasteiger partial charge is 0.0776 e. The Morgan fingerprint density at radius 1 is 0.765 bits per heavy atom. The van der Waals surface area contributed by atoms with Gasteiger partial charge >= 0.3 is 0 Å². The summed E-state index contributed by atoms with van der Waals surface area (Å²) in [7, 11) is 0. The van der Waals surface area contributed by atoms with Crippen LogP contribution < -0.4 is 0 Å². The molecule has 0 nitrogen and oxygen atoms in total. The van der Waals surface area contributed by atoms with Crippen molar-refractivity contribution in [1.82, 2.24) is 0 Å². The van der Waals surface area contributed by atoms with E-state index in [0.29, 0.717) is 5.41 Å². The van der Waals surface area contributed by atoms with E-state index in [1.165, 1.54) is 44.9 Å². The number of rotatable bonds is 7. The summed E-state index contributed by atoms with van der Waals surface area (Å²) >= 11 is 0. The topological polar surface area (TPSA) is 0 Å². The van der Waals surface area contributed by atoms with E-state index < -0.39 is 0 Å². The van der Waals surface area contributed by atoms with Crippen molar-refractivity contribution in [2.75, 3.05) is 0 Å². The maximum Gasteiger partial charge on any atom is -0.0305 e. The van der Waals surface area contributed by atoms with Crippen LogP contribution in [0.25, 0.3) is 0 Å². The Labute approximate surface area is 113 Å². The minimum atomic E-state index is 0. The number of hydrogen-bond donors (Lipinski definition) is 0. The van der Waals surface area contributed by atoms with Gasteiger partial charge in [0.25, 0.3) is 0 Å². The average molecular weight is 245 g/mol. The van der Waals surface area contributed by atoms with Crippen LogP contribution in [-0.2, 0) is 0 Å². The molecule has 108 valence electrons. The van der Waals surface area contributed by atoms with Gasteiger partial charge in [0.1, 0.15) is 0 Å². The summed E-state index contributed by atoms with van der Waals surface area (Å²) in [4.78, 5) is 0. The summed E-state index contributed by atoms with van der Waals surface area (Å²) in [5.74, 6) is 0.935. The summed E-state index contributed by atoms with van der Waals surface area (Å²) in [6.07, 6.45) is 9.48. The van der Waals surface area contributed by atoms with Gasteiger partial charge in [0.2, 0.25) is 0 Å². The molecule has 17 heavy (non-hydrogen) atoms. The molecule has 0 aliphatic rings. The van der Waals surface area contributed by atoms with Gasteiger partial charge in [-0.15, -0.1) is 0 Å². The number of hydrogen-bond acceptors (Lipinski definition) is 0. The van der Waals surface area contributed by atoms with E-state index in [1.54, 1.807) is 0 Å². The molecule has 0 spiro atoms. The SMILES string of the molecule is C.CCC(C)CC.CCCC(CC)(CC)CC. The second-order valence-electron chi connectivity index (χ2n) is 5.23. The highest BCUT2D eigenvalue weighted by Crippen LogP contribution is 2.34. The van der Waals surface area contributed by atoms with E-state index in [0.717, 1.165) is 5.92 Å². The highest BCUT2D eigenvalue weighted by molar-refractivity contribution is 4.73. The van der Waals surface area contributed by atoms with E-state index in [1.807, 2.05) is 0 Å². The first-order valence-electron chi connectivity index (χ1n) is 7.55. The molecule has 0 atom stereocenters. The van der Waals surface area contributed by atoms with E-state index in [4.69, 9.17) is 0 Å². The van der Waals surface area contributed by atoms with Gasteiger partial charge in [-0.2, -0.15) is 0 Å². The lowest BCUT2D eigenvalue weighted by Crippen LogP contribution is -2.16. The van der Waals surface area contributed by atoms with Crippen LogP contribution in [0.15, 0.2) is 0 Å². The summed E-state index contributed by atoms with van der Waals surface area (Å²) in [5, 5.41) is 0. The first-order valence-corrected chi connectivity index (χ1v) is 7.55. The quantitative estimate of drug-likeness (QED) is 0.449. The van der Waals surface area contributed by atoms with Crippen molar-refractivity contribution >= 4 is 0 Å². The monoisotopic (exact) mass is 244 g/mol. The van der Waals surface area contributed by atoms with Gasteiger partial charge in [0.05, 0.1) is 0 Å². The molecular formula is C17H40. The highest BCUT2D eigenvalue weighted by atomic mass is 14.3. The highest BCUT2D eigenvalue weighted by Gasteiger charge is 2.21. The molecule has 0 heteroatoms. The Hall–Kier alpha value is 0. The zero-order valence-electron chi connectivity index (χ0n) is 13.0. The normalized spacial score (nSPS) is 10.6. The Kier molecular flexibility index (Phi) is 18.4. The van der Waals surface area contributed by atoms with Crippen LogP contribution in [-0.4, -0.2) is 0 Å². The van der Waals surface area contributed by atoms with Crippen molar-refractivity contribution in [3.63, 3.8) is 0 Å². The minimum absolute atomic E-state index is 0. The van der Waals surface area contributed by atoms with Gasteiger partial charge in [0.15, 0.2) is 0 Å². The van der Waals surface area contributed by atoms with Gasteiger partial charge in [0, 0.05) is 0 Å². The molecule has 0 radical (unpaired) electrons. The average Bonchev–Trinajstić information content (AvgIpc) is 2.36. The van der Waals surface area contributed by atoms with Crippen molar-refractivity contribution in [2.24, 2.45) is 11.3 Å². The van der Waals surface area contributed by atoms with Crippen LogP contribution in [0.1, 0.15) is 101 Å². The van der Waals surface area contributed by atoms with Crippen LogP contribution in [0.3, 0.4) is 0 Å². The molecule has 0 bridgehead atoms. The second-order valence-corrected chi connectivity index (χ2v) is 5.23. The fourth-order valence-corrected chi connectivity index (χ4v) is 2.10. The van der Waals surface area contributed by atoms with Gasteiger partial charge in [-0.1, -0.05) is 94.4 Å². The van der Waals surface area contributed by atoms with Crippen LogP contribution >= 0.6 is 0 Å². The molecule has 0 amide bonds. The van der Waals surface area contributed by atoms with Crippen LogP contribution in [0, 0.1) is 11.3 Å². The standard InChI is InChI=1S/C10H22.C6H14.CH4/c1-5-9-10(6-2,7-3)8-4;1-4-6(3)5-2;/h5-9H2,1-4H3;6H,4-5H2,1-3H3;1H4. The van der Waals surface area contributed by atoms with Gasteiger partial charge in [-0.25, -0.2) is 0 Å². The maximum absolute atomic E-state index is 2.32. The van der Waals surface area contributed by atoms with Crippen LogP contribution in [0.5, 0.6) is 0 Å². The van der Waals surface area contributed by atoms with Gasteiger partial charge < -0.3 is 0 Å². The summed E-state index contributed by atoms with van der Waals surface area (Å²) < 4.78 is 0. The molecule has 0 heterocycles. The van der Waals surface area contributed by atoms with Crippen LogP contribution in [0.2, 0.25) is 0 Å². The Bertz CT molecular complexity index is 110. The van der Waals surface area contributed by atoms with Crippen molar-refractivity contribution in [3.8, 4) is 0 Å². The lowest BCUT2D eigenvalue weighted by molar-refractivity contribution is 0.226. The Morgan fingerprint density at radius 3 is 1.18 bits per heavy atom. The fourth-order valence-electron chi connectivity index (χ4n) is 2.10. The van der Waals surface area contributed by atoms with Crippen molar-refractivity contribution < 1.29 is 0 Å². The smallest absolute Gasteiger partial charge is 0.0305 e. The van der Waals surface area contributed by atoms with E-state index in [2.05, 4.69) is 48.5 Å². The van der Waals surface area contributed by atoms with Crippen LogP contribution in [0.4, 0.5) is 0 Å². The second kappa shape index (κ2) is 14.1. The first-order chi connectivity index (χ1) is 7.55. The molecule has 0 aliphatic carbocycles. The summed E-state index contributed by atoms with van der Waals surface area (Å²) in [6.45, 7) is 16.0. The Morgan fingerprint density at radius 2 is 1.12 bits per heavy atom. The predicted molar refractivity (Wildman–Crippen MR) is 84.7 cm³/mol. The molecule has 0 unspecified atom stereocenters. The third kappa shape index (κ3) is 10.9. The molecule has 0 saturated heterocycles. The van der Waals surface area contributed by atoms with Crippen molar-refractivity contribution in [3.05, 3.63) is 0 Å². The molecule has 0 rings (SSSR count). The zero-order valence-corrected chi connectivity index (χ0v) is 13.0. The van der Waals surface area contributed by atoms with E-state index in [-0.39, 0.29) is 7.43 Å². The summed E-state index contributed by atoms with van der Waals surface area (Å²) in [6, 6.07) is 0. The molecule has 0 aromatic rings. The molecule has 0 fully saturated rings. The minimum Gasteiger partial charge on any atom is -0.0776 e.